The van der Waals surface area contributed by atoms with Crippen LogP contribution in [0.5, 0.6) is 5.75 Å². The summed E-state index contributed by atoms with van der Waals surface area (Å²) in [7, 11) is 0. The van der Waals surface area contributed by atoms with E-state index in [1.54, 1.807) is 24.3 Å². The van der Waals surface area contributed by atoms with E-state index in [1.165, 1.54) is 6.07 Å². The Labute approximate surface area is 127 Å². The normalized spacial score (nSPS) is 9.75. The van der Waals surface area contributed by atoms with Crippen LogP contribution < -0.4 is 4.74 Å². The molecule has 0 saturated carbocycles. The highest BCUT2D eigenvalue weighted by Gasteiger charge is 2.07. The van der Waals surface area contributed by atoms with Crippen LogP contribution >= 0.6 is 23.2 Å². The molecule has 0 heterocycles. The summed E-state index contributed by atoms with van der Waals surface area (Å²) in [6.45, 7) is 0.0674. The van der Waals surface area contributed by atoms with Gasteiger partial charge in [-0.25, -0.2) is 4.39 Å². The van der Waals surface area contributed by atoms with Crippen molar-refractivity contribution in [3.8, 4) is 17.6 Å². The van der Waals surface area contributed by atoms with Crippen LogP contribution in [-0.4, -0.2) is 5.88 Å². The molecule has 0 spiro atoms. The van der Waals surface area contributed by atoms with E-state index in [2.05, 4.69) is 11.8 Å². The summed E-state index contributed by atoms with van der Waals surface area (Å²) in [5.74, 6) is 6.15. The highest BCUT2D eigenvalue weighted by molar-refractivity contribution is 6.31. The molecule has 0 radical (unpaired) electrons. The summed E-state index contributed by atoms with van der Waals surface area (Å²) in [5.41, 5.74) is 1.13. The van der Waals surface area contributed by atoms with Crippen LogP contribution in [0, 0.1) is 17.7 Å². The maximum absolute atomic E-state index is 13.6. The lowest BCUT2D eigenvalue weighted by molar-refractivity contribution is 0.300. The molecule has 0 atom stereocenters. The molecule has 0 aromatic heterocycles. The van der Waals surface area contributed by atoms with Gasteiger partial charge in [0.25, 0.3) is 0 Å². The van der Waals surface area contributed by atoms with Crippen LogP contribution in [0.25, 0.3) is 0 Å². The minimum Gasteiger partial charge on any atom is -0.489 e. The number of ether oxygens (including phenoxy) is 1. The second-order valence-electron chi connectivity index (χ2n) is 3.95. The molecule has 0 amide bonds. The summed E-state index contributed by atoms with van der Waals surface area (Å²) >= 11 is 11.4. The first kappa shape index (κ1) is 14.7. The van der Waals surface area contributed by atoms with Crippen molar-refractivity contribution in [3.63, 3.8) is 0 Å². The Kier molecular flexibility index (Phi) is 5.29. The Balaban J connectivity index is 2.11. The smallest absolute Gasteiger partial charge is 0.131 e. The summed E-state index contributed by atoms with van der Waals surface area (Å²) in [6, 6.07) is 11.8. The van der Waals surface area contributed by atoms with Crippen molar-refractivity contribution in [2.75, 3.05) is 5.88 Å². The maximum atomic E-state index is 13.6. The third kappa shape index (κ3) is 3.90. The van der Waals surface area contributed by atoms with Crippen molar-refractivity contribution < 1.29 is 9.13 Å². The molecule has 2 aromatic carbocycles. The molecule has 0 bridgehead atoms. The molecular formula is C16H11Cl2FO. The molecule has 0 fully saturated rings. The maximum Gasteiger partial charge on any atom is 0.131 e. The van der Waals surface area contributed by atoms with Crippen LogP contribution in [0.3, 0.4) is 0 Å². The lowest BCUT2D eigenvalue weighted by Gasteiger charge is -2.09. The van der Waals surface area contributed by atoms with Gasteiger partial charge in [-0.3, -0.25) is 0 Å². The standard InChI is InChI=1S/C16H11Cl2FO/c17-9-3-5-12-4-1-6-13(10-12)20-11-14-15(18)7-2-8-16(14)19/h1-2,4,6-8,10H,9,11H2. The van der Waals surface area contributed by atoms with E-state index in [1.807, 2.05) is 12.1 Å². The van der Waals surface area contributed by atoms with Gasteiger partial charge in [-0.1, -0.05) is 35.6 Å². The summed E-state index contributed by atoms with van der Waals surface area (Å²) in [5, 5.41) is 0.350. The molecule has 1 nitrogen and oxygen atoms in total. The molecule has 20 heavy (non-hydrogen) atoms. The lowest BCUT2D eigenvalue weighted by atomic mass is 10.2. The van der Waals surface area contributed by atoms with Crippen molar-refractivity contribution in [1.82, 2.24) is 0 Å². The Morgan fingerprint density at radius 2 is 1.95 bits per heavy atom. The SMILES string of the molecule is Fc1cccc(Cl)c1COc1cccc(C#CCCl)c1. The molecule has 0 unspecified atom stereocenters. The van der Waals surface area contributed by atoms with Gasteiger partial charge in [-0.15, -0.1) is 11.6 Å². The molecule has 0 aliphatic carbocycles. The van der Waals surface area contributed by atoms with Gasteiger partial charge in [0, 0.05) is 11.1 Å². The van der Waals surface area contributed by atoms with Crippen LogP contribution in [0.4, 0.5) is 4.39 Å². The minimum absolute atomic E-state index is 0.0674. The van der Waals surface area contributed by atoms with E-state index in [-0.39, 0.29) is 18.3 Å². The van der Waals surface area contributed by atoms with Gasteiger partial charge >= 0.3 is 0 Å². The van der Waals surface area contributed by atoms with Crippen molar-refractivity contribution >= 4 is 23.2 Å². The van der Waals surface area contributed by atoms with Gasteiger partial charge in [0.05, 0.1) is 10.9 Å². The fraction of sp³-hybridized carbons (Fsp3) is 0.125. The molecule has 0 aliphatic rings. The molecule has 4 heteroatoms. The third-order valence-electron chi connectivity index (χ3n) is 2.58. The fourth-order valence-electron chi connectivity index (χ4n) is 1.62. The largest absolute Gasteiger partial charge is 0.489 e. The molecular weight excluding hydrogens is 298 g/mol. The highest BCUT2D eigenvalue weighted by atomic mass is 35.5. The first-order valence-electron chi connectivity index (χ1n) is 5.91. The molecule has 2 rings (SSSR count). The molecule has 102 valence electrons. The Bertz CT molecular complexity index is 639. The second-order valence-corrected chi connectivity index (χ2v) is 4.63. The molecule has 0 saturated heterocycles. The van der Waals surface area contributed by atoms with Crippen molar-refractivity contribution in [2.24, 2.45) is 0 Å². The number of hydrogen-bond acceptors (Lipinski definition) is 1. The molecule has 2 aromatic rings. The van der Waals surface area contributed by atoms with Gasteiger partial charge < -0.3 is 4.74 Å². The molecule has 0 N–H and O–H groups in total. The fourth-order valence-corrected chi connectivity index (χ4v) is 1.91. The lowest BCUT2D eigenvalue weighted by Crippen LogP contribution is -1.99. The van der Waals surface area contributed by atoms with Gasteiger partial charge in [0.2, 0.25) is 0 Å². The average molecular weight is 309 g/mol. The summed E-state index contributed by atoms with van der Waals surface area (Å²) in [6.07, 6.45) is 0. The first-order chi connectivity index (χ1) is 9.70. The van der Waals surface area contributed by atoms with Crippen molar-refractivity contribution in [2.45, 2.75) is 6.61 Å². The van der Waals surface area contributed by atoms with Crippen molar-refractivity contribution in [3.05, 3.63) is 64.4 Å². The quantitative estimate of drug-likeness (QED) is 0.592. The average Bonchev–Trinajstić information content (AvgIpc) is 2.45. The predicted octanol–water partition coefficient (Wildman–Crippen LogP) is 4.65. The van der Waals surface area contributed by atoms with E-state index in [4.69, 9.17) is 27.9 Å². The van der Waals surface area contributed by atoms with Crippen LogP contribution in [0.1, 0.15) is 11.1 Å². The summed E-state index contributed by atoms with van der Waals surface area (Å²) < 4.78 is 19.1. The van der Waals surface area contributed by atoms with Crippen LogP contribution in [-0.2, 0) is 6.61 Å². The van der Waals surface area contributed by atoms with Gasteiger partial charge in [-0.2, -0.15) is 0 Å². The topological polar surface area (TPSA) is 9.23 Å². The van der Waals surface area contributed by atoms with Crippen molar-refractivity contribution in [1.29, 1.82) is 0 Å². The number of alkyl halides is 1. The zero-order valence-corrected chi connectivity index (χ0v) is 12.0. The van der Waals surface area contributed by atoms with E-state index in [0.29, 0.717) is 16.3 Å². The van der Waals surface area contributed by atoms with E-state index >= 15 is 0 Å². The Morgan fingerprint density at radius 1 is 1.15 bits per heavy atom. The second kappa shape index (κ2) is 7.19. The van der Waals surface area contributed by atoms with E-state index in [9.17, 15) is 4.39 Å². The van der Waals surface area contributed by atoms with Gasteiger partial charge in [0.15, 0.2) is 0 Å². The number of benzene rings is 2. The van der Waals surface area contributed by atoms with Gasteiger partial charge in [0.1, 0.15) is 18.2 Å². The number of rotatable bonds is 3. The minimum atomic E-state index is -0.379. The monoisotopic (exact) mass is 308 g/mol. The molecule has 0 aliphatic heterocycles. The first-order valence-corrected chi connectivity index (χ1v) is 6.82. The van der Waals surface area contributed by atoms with Crippen LogP contribution in [0.2, 0.25) is 5.02 Å². The summed E-state index contributed by atoms with van der Waals surface area (Å²) in [4.78, 5) is 0. The van der Waals surface area contributed by atoms with E-state index in [0.717, 1.165) is 5.56 Å². The number of hydrogen-bond donors (Lipinski definition) is 0. The zero-order valence-electron chi connectivity index (χ0n) is 10.5. The van der Waals surface area contributed by atoms with Gasteiger partial charge in [-0.05, 0) is 30.3 Å². The van der Waals surface area contributed by atoms with E-state index < -0.39 is 0 Å². The predicted molar refractivity (Wildman–Crippen MR) is 79.8 cm³/mol. The van der Waals surface area contributed by atoms with Crippen LogP contribution in [0.15, 0.2) is 42.5 Å². The third-order valence-corrected chi connectivity index (χ3v) is 3.07. The number of halogens is 3. The Morgan fingerprint density at radius 3 is 2.70 bits per heavy atom. The Hall–Kier alpha value is -1.69. The highest BCUT2D eigenvalue weighted by Crippen LogP contribution is 2.21. The zero-order chi connectivity index (χ0) is 14.4.